The summed E-state index contributed by atoms with van der Waals surface area (Å²) in [4.78, 5) is 0. The van der Waals surface area contributed by atoms with Crippen molar-refractivity contribution in [2.45, 2.75) is 45.7 Å². The molecule has 0 heterocycles. The van der Waals surface area contributed by atoms with Crippen molar-refractivity contribution in [3.05, 3.63) is 29.3 Å². The molecule has 0 radical (unpaired) electrons. The maximum absolute atomic E-state index is 12.7. The standard InChI is InChI=1S/C16H19F3O/c1-3-5-6-7-8-9-13-12-14(16(17,18)19)10-11-15(13)20-4-2/h10-12H,3-5,8-9H2,1-2H3. The number of aryl methyl sites for hydroxylation is 1. The number of ether oxygens (including phenoxy) is 1. The van der Waals surface area contributed by atoms with E-state index in [-0.39, 0.29) is 0 Å². The Hall–Kier alpha value is -1.63. The van der Waals surface area contributed by atoms with Gasteiger partial charge >= 0.3 is 6.18 Å². The van der Waals surface area contributed by atoms with E-state index in [4.69, 9.17) is 4.74 Å². The second-order valence-electron chi connectivity index (χ2n) is 4.36. The Bertz CT molecular complexity index is 481. The van der Waals surface area contributed by atoms with Gasteiger partial charge in [0.1, 0.15) is 5.75 Å². The molecule has 0 aliphatic rings. The summed E-state index contributed by atoms with van der Waals surface area (Å²) in [5, 5.41) is 0. The van der Waals surface area contributed by atoms with Crippen molar-refractivity contribution in [1.82, 2.24) is 0 Å². The van der Waals surface area contributed by atoms with Crippen LogP contribution >= 0.6 is 0 Å². The highest BCUT2D eigenvalue weighted by Crippen LogP contribution is 2.33. The lowest BCUT2D eigenvalue weighted by Crippen LogP contribution is -2.07. The summed E-state index contributed by atoms with van der Waals surface area (Å²) in [7, 11) is 0. The van der Waals surface area contributed by atoms with Crippen LogP contribution in [-0.2, 0) is 12.6 Å². The number of benzene rings is 1. The molecule has 4 heteroatoms. The summed E-state index contributed by atoms with van der Waals surface area (Å²) in [5.41, 5.74) is -0.0788. The van der Waals surface area contributed by atoms with Crippen LogP contribution in [0.25, 0.3) is 0 Å². The molecule has 0 saturated heterocycles. The average molecular weight is 284 g/mol. The van der Waals surface area contributed by atoms with E-state index in [1.165, 1.54) is 6.07 Å². The van der Waals surface area contributed by atoms with Crippen molar-refractivity contribution in [2.75, 3.05) is 6.61 Å². The van der Waals surface area contributed by atoms with Gasteiger partial charge in [0.15, 0.2) is 0 Å². The van der Waals surface area contributed by atoms with Crippen LogP contribution in [0.2, 0.25) is 0 Å². The van der Waals surface area contributed by atoms with E-state index in [1.54, 1.807) is 0 Å². The Morgan fingerprint density at radius 3 is 2.40 bits per heavy atom. The maximum atomic E-state index is 12.7. The molecule has 0 aliphatic carbocycles. The first kappa shape index (κ1) is 16.4. The number of hydrogen-bond acceptors (Lipinski definition) is 1. The van der Waals surface area contributed by atoms with Crippen molar-refractivity contribution in [2.24, 2.45) is 0 Å². The molecule has 0 fully saturated rings. The Labute approximate surface area is 118 Å². The van der Waals surface area contributed by atoms with E-state index in [0.717, 1.165) is 25.0 Å². The molecule has 1 nitrogen and oxygen atoms in total. The summed E-state index contributed by atoms with van der Waals surface area (Å²) in [6.45, 7) is 4.27. The Morgan fingerprint density at radius 1 is 1.10 bits per heavy atom. The minimum Gasteiger partial charge on any atom is -0.494 e. The van der Waals surface area contributed by atoms with E-state index in [1.807, 2.05) is 13.8 Å². The van der Waals surface area contributed by atoms with Gasteiger partial charge in [0, 0.05) is 12.8 Å². The van der Waals surface area contributed by atoms with Gasteiger partial charge in [-0.05, 0) is 43.5 Å². The molecule has 0 aliphatic heterocycles. The molecule has 0 atom stereocenters. The van der Waals surface area contributed by atoms with E-state index in [2.05, 4.69) is 11.8 Å². The molecular weight excluding hydrogens is 265 g/mol. The first-order valence-corrected chi connectivity index (χ1v) is 6.77. The normalized spacial score (nSPS) is 10.8. The van der Waals surface area contributed by atoms with Crippen molar-refractivity contribution in [3.8, 4) is 17.6 Å². The molecule has 0 bridgehead atoms. The largest absolute Gasteiger partial charge is 0.494 e. The molecule has 0 N–H and O–H groups in total. The molecular formula is C16H19F3O. The Balaban J connectivity index is 2.86. The summed E-state index contributed by atoms with van der Waals surface area (Å²) in [5.74, 6) is 6.48. The Kier molecular flexibility index (Phi) is 6.44. The molecule has 0 amide bonds. The van der Waals surface area contributed by atoms with Gasteiger partial charge in [0.25, 0.3) is 0 Å². The number of halogens is 3. The molecule has 20 heavy (non-hydrogen) atoms. The fourth-order valence-corrected chi connectivity index (χ4v) is 1.75. The fourth-order valence-electron chi connectivity index (χ4n) is 1.75. The van der Waals surface area contributed by atoms with E-state index < -0.39 is 11.7 Å². The lowest BCUT2D eigenvalue weighted by Gasteiger charge is -2.13. The monoisotopic (exact) mass is 284 g/mol. The second-order valence-corrected chi connectivity index (χ2v) is 4.36. The summed E-state index contributed by atoms with van der Waals surface area (Å²) in [6.07, 6.45) is -1.51. The number of rotatable bonds is 5. The van der Waals surface area contributed by atoms with E-state index in [0.29, 0.717) is 30.8 Å². The smallest absolute Gasteiger partial charge is 0.416 e. The minimum absolute atomic E-state index is 0.430. The molecule has 0 unspecified atom stereocenters. The van der Waals surface area contributed by atoms with Gasteiger partial charge in [-0.25, -0.2) is 0 Å². The zero-order chi connectivity index (χ0) is 15.0. The lowest BCUT2D eigenvalue weighted by atomic mass is 10.0. The van der Waals surface area contributed by atoms with Crippen LogP contribution in [-0.4, -0.2) is 6.61 Å². The van der Waals surface area contributed by atoms with E-state index >= 15 is 0 Å². The summed E-state index contributed by atoms with van der Waals surface area (Å²) in [6, 6.07) is 3.60. The van der Waals surface area contributed by atoms with Crippen molar-refractivity contribution in [3.63, 3.8) is 0 Å². The first-order valence-electron chi connectivity index (χ1n) is 6.77. The van der Waals surface area contributed by atoms with Crippen molar-refractivity contribution >= 4 is 0 Å². The van der Waals surface area contributed by atoms with Gasteiger partial charge in [-0.3, -0.25) is 0 Å². The number of unbranched alkanes of at least 4 members (excludes halogenated alkanes) is 1. The molecule has 1 aromatic carbocycles. The maximum Gasteiger partial charge on any atom is 0.416 e. The average Bonchev–Trinajstić information content (AvgIpc) is 2.39. The SMILES string of the molecule is CCCC#CCCc1cc(C(F)(F)F)ccc1OCC. The third-order valence-corrected chi connectivity index (χ3v) is 2.71. The van der Waals surface area contributed by atoms with Crippen LogP contribution in [0.5, 0.6) is 5.75 Å². The molecule has 0 saturated carbocycles. The molecule has 1 aromatic rings. The summed E-state index contributed by atoms with van der Waals surface area (Å²) < 4.78 is 43.5. The van der Waals surface area contributed by atoms with Crippen molar-refractivity contribution in [1.29, 1.82) is 0 Å². The highest BCUT2D eigenvalue weighted by molar-refractivity contribution is 5.39. The van der Waals surface area contributed by atoms with Crippen LogP contribution in [0.15, 0.2) is 18.2 Å². The van der Waals surface area contributed by atoms with Crippen LogP contribution in [0, 0.1) is 11.8 Å². The minimum atomic E-state index is -4.33. The van der Waals surface area contributed by atoms with Crippen LogP contribution < -0.4 is 4.74 Å². The first-order chi connectivity index (χ1) is 9.49. The molecule has 1 rings (SSSR count). The van der Waals surface area contributed by atoms with Gasteiger partial charge < -0.3 is 4.74 Å². The third kappa shape index (κ3) is 5.16. The number of alkyl halides is 3. The van der Waals surface area contributed by atoms with Crippen LogP contribution in [0.4, 0.5) is 13.2 Å². The fraction of sp³-hybridized carbons (Fsp3) is 0.500. The lowest BCUT2D eigenvalue weighted by molar-refractivity contribution is -0.137. The van der Waals surface area contributed by atoms with Crippen molar-refractivity contribution < 1.29 is 17.9 Å². The molecule has 0 aromatic heterocycles. The highest BCUT2D eigenvalue weighted by atomic mass is 19.4. The predicted molar refractivity (Wildman–Crippen MR) is 73.6 cm³/mol. The second kappa shape index (κ2) is 7.84. The zero-order valence-corrected chi connectivity index (χ0v) is 11.8. The quantitative estimate of drug-likeness (QED) is 0.703. The van der Waals surface area contributed by atoms with Gasteiger partial charge in [0.2, 0.25) is 0 Å². The molecule has 110 valence electrons. The molecule has 0 spiro atoms. The Morgan fingerprint density at radius 2 is 1.80 bits per heavy atom. The van der Waals surface area contributed by atoms with Gasteiger partial charge in [0.05, 0.1) is 12.2 Å². The van der Waals surface area contributed by atoms with Gasteiger partial charge in [-0.1, -0.05) is 6.92 Å². The predicted octanol–water partition coefficient (Wildman–Crippen LogP) is 4.84. The number of hydrogen-bond donors (Lipinski definition) is 0. The van der Waals surface area contributed by atoms with Crippen LogP contribution in [0.3, 0.4) is 0 Å². The zero-order valence-electron chi connectivity index (χ0n) is 11.8. The van der Waals surface area contributed by atoms with Gasteiger partial charge in [-0.15, -0.1) is 11.8 Å². The highest BCUT2D eigenvalue weighted by Gasteiger charge is 2.31. The van der Waals surface area contributed by atoms with E-state index in [9.17, 15) is 13.2 Å². The van der Waals surface area contributed by atoms with Gasteiger partial charge in [-0.2, -0.15) is 13.2 Å². The summed E-state index contributed by atoms with van der Waals surface area (Å²) >= 11 is 0. The third-order valence-electron chi connectivity index (χ3n) is 2.71. The van der Waals surface area contributed by atoms with Crippen LogP contribution in [0.1, 0.15) is 44.2 Å². The topological polar surface area (TPSA) is 9.23 Å².